The van der Waals surface area contributed by atoms with Crippen LogP contribution in [0.2, 0.25) is 0 Å². The fraction of sp³-hybridized carbons (Fsp3) is 0.375. The summed E-state index contributed by atoms with van der Waals surface area (Å²) in [6.45, 7) is 1.18. The molecule has 11 heteroatoms. The van der Waals surface area contributed by atoms with E-state index in [1.807, 2.05) is 0 Å². The molecule has 0 aromatic heterocycles. The van der Waals surface area contributed by atoms with Crippen LogP contribution in [-0.2, 0) is 14.3 Å². The third-order valence-electron chi connectivity index (χ3n) is 3.70. The minimum Gasteiger partial charge on any atom is -0.466 e. The molecule has 0 unspecified atom stereocenters. The highest BCUT2D eigenvalue weighted by Crippen LogP contribution is 2.35. The molecule has 0 saturated carbocycles. The number of aliphatic hydroxyl groups excluding tert-OH is 1. The van der Waals surface area contributed by atoms with E-state index in [9.17, 15) is 22.8 Å². The van der Waals surface area contributed by atoms with Crippen molar-refractivity contribution in [1.29, 1.82) is 0 Å². The summed E-state index contributed by atoms with van der Waals surface area (Å²) >= 11 is 3.14. The number of rotatable bonds is 6. The minimum absolute atomic E-state index is 0.0169. The lowest BCUT2D eigenvalue weighted by Gasteiger charge is -2.17. The Bertz CT molecular complexity index is 772. The summed E-state index contributed by atoms with van der Waals surface area (Å²) in [7, 11) is 1.16. The average Bonchev–Trinajstić information content (AvgIpc) is 2.85. The molecule has 1 heterocycles. The number of nitrogens with one attached hydrogen (secondary N) is 1. The Morgan fingerprint density at radius 1 is 1.41 bits per heavy atom. The Balaban J connectivity index is 2.38. The number of carbonyl (C=O) groups is 2. The van der Waals surface area contributed by atoms with E-state index in [2.05, 4.69) is 30.7 Å². The Labute approximate surface area is 160 Å². The minimum atomic E-state index is -4.84. The van der Waals surface area contributed by atoms with Crippen molar-refractivity contribution in [3.05, 3.63) is 33.4 Å². The Morgan fingerprint density at radius 3 is 2.59 bits per heavy atom. The normalized spacial score (nSPS) is 14.6. The number of amides is 1. The molecule has 1 aromatic carbocycles. The van der Waals surface area contributed by atoms with Gasteiger partial charge in [-0.05, 0) is 40.5 Å². The quantitative estimate of drug-likeness (QED) is 0.644. The van der Waals surface area contributed by atoms with Gasteiger partial charge in [0.15, 0.2) is 0 Å². The van der Waals surface area contributed by atoms with E-state index >= 15 is 0 Å². The summed E-state index contributed by atoms with van der Waals surface area (Å²) in [6.07, 6.45) is -4.84. The molecular weight excluding hydrogens is 437 g/mol. The van der Waals surface area contributed by atoms with Crippen LogP contribution in [0.5, 0.6) is 5.75 Å². The number of hydrogen-bond acceptors (Lipinski definition) is 6. The summed E-state index contributed by atoms with van der Waals surface area (Å²) in [4.78, 5) is 25.7. The van der Waals surface area contributed by atoms with Crippen molar-refractivity contribution >= 4 is 33.5 Å². The van der Waals surface area contributed by atoms with Gasteiger partial charge in [-0.15, -0.1) is 13.2 Å². The lowest BCUT2D eigenvalue weighted by atomic mass is 10.1. The number of benzene rings is 1. The van der Waals surface area contributed by atoms with Gasteiger partial charge in [0.1, 0.15) is 11.4 Å². The zero-order valence-corrected chi connectivity index (χ0v) is 15.9. The lowest BCUT2D eigenvalue weighted by Crippen LogP contribution is -2.31. The molecule has 0 bridgehead atoms. The third-order valence-corrected chi connectivity index (χ3v) is 4.32. The van der Waals surface area contributed by atoms with E-state index in [4.69, 9.17) is 5.11 Å². The summed E-state index contributed by atoms with van der Waals surface area (Å²) in [5.74, 6) is -1.69. The highest BCUT2D eigenvalue weighted by molar-refractivity contribution is 9.10. The second-order valence-electron chi connectivity index (χ2n) is 5.57. The molecule has 1 aromatic rings. The van der Waals surface area contributed by atoms with E-state index in [0.29, 0.717) is 11.3 Å². The van der Waals surface area contributed by atoms with Crippen LogP contribution in [0.4, 0.5) is 18.9 Å². The van der Waals surface area contributed by atoms with Crippen molar-refractivity contribution in [3.8, 4) is 5.75 Å². The van der Waals surface area contributed by atoms with Crippen molar-refractivity contribution in [2.45, 2.75) is 13.3 Å². The van der Waals surface area contributed by atoms with Gasteiger partial charge in [-0.2, -0.15) is 0 Å². The number of halogens is 4. The molecule has 1 aliphatic heterocycles. The number of carbonyl (C=O) groups excluding carboxylic acids is 2. The van der Waals surface area contributed by atoms with Crippen molar-refractivity contribution < 1.29 is 37.3 Å². The number of methoxy groups -OCH3 is 1. The molecule has 0 aliphatic carbocycles. The molecular formula is C16H16BrF3N2O5. The molecule has 0 atom stereocenters. The van der Waals surface area contributed by atoms with Gasteiger partial charge >= 0.3 is 12.3 Å². The fourth-order valence-electron chi connectivity index (χ4n) is 2.54. The van der Waals surface area contributed by atoms with Crippen LogP contribution in [0.25, 0.3) is 0 Å². The van der Waals surface area contributed by atoms with Crippen LogP contribution in [0.1, 0.15) is 5.56 Å². The molecule has 27 heavy (non-hydrogen) atoms. The van der Waals surface area contributed by atoms with Crippen LogP contribution in [0, 0.1) is 6.92 Å². The molecule has 0 fully saturated rings. The number of hydrogen-bond donors (Lipinski definition) is 2. The second-order valence-corrected chi connectivity index (χ2v) is 6.42. The molecule has 0 radical (unpaired) electrons. The van der Waals surface area contributed by atoms with Gasteiger partial charge in [-0.3, -0.25) is 4.79 Å². The number of anilines is 1. The van der Waals surface area contributed by atoms with Gasteiger partial charge in [0.25, 0.3) is 5.91 Å². The van der Waals surface area contributed by atoms with Crippen LogP contribution < -0.4 is 10.1 Å². The van der Waals surface area contributed by atoms with Crippen molar-refractivity contribution in [3.63, 3.8) is 0 Å². The molecule has 1 aliphatic rings. The predicted molar refractivity (Wildman–Crippen MR) is 91.9 cm³/mol. The zero-order chi connectivity index (χ0) is 20.4. The van der Waals surface area contributed by atoms with E-state index in [0.717, 1.165) is 19.2 Å². The zero-order valence-electron chi connectivity index (χ0n) is 14.3. The maximum atomic E-state index is 12.5. The van der Waals surface area contributed by atoms with E-state index in [-0.39, 0.29) is 35.4 Å². The van der Waals surface area contributed by atoms with Crippen LogP contribution in [0.15, 0.2) is 27.9 Å². The number of alkyl halides is 3. The first-order chi connectivity index (χ1) is 12.6. The standard InChI is InChI=1S/C16H16BrF3N2O5/c1-8-5-9(27-16(18,19)20)6-11(17)12(8)21-13-10(15(25)26-2)7-22(3-4-23)14(13)24/h5-6,21,23H,3-4,7H2,1-2H3. The smallest absolute Gasteiger partial charge is 0.466 e. The summed E-state index contributed by atoms with van der Waals surface area (Å²) in [5, 5.41) is 11.8. The maximum absolute atomic E-state index is 12.5. The van der Waals surface area contributed by atoms with Crippen molar-refractivity contribution in [2.75, 3.05) is 32.1 Å². The molecule has 2 rings (SSSR count). The summed E-state index contributed by atoms with van der Waals surface area (Å²) in [5.41, 5.74) is 0.621. The van der Waals surface area contributed by atoms with Gasteiger partial charge in [-0.25, -0.2) is 4.79 Å². The van der Waals surface area contributed by atoms with Crippen LogP contribution in [0.3, 0.4) is 0 Å². The van der Waals surface area contributed by atoms with E-state index < -0.39 is 24.0 Å². The van der Waals surface area contributed by atoms with Crippen molar-refractivity contribution in [2.24, 2.45) is 0 Å². The highest BCUT2D eigenvalue weighted by atomic mass is 79.9. The van der Waals surface area contributed by atoms with E-state index in [1.54, 1.807) is 0 Å². The number of ether oxygens (including phenoxy) is 2. The number of aliphatic hydroxyl groups is 1. The molecule has 0 spiro atoms. The summed E-state index contributed by atoms with van der Waals surface area (Å²) in [6, 6.07) is 2.23. The molecule has 0 saturated heterocycles. The fourth-order valence-corrected chi connectivity index (χ4v) is 3.17. The molecule has 7 nitrogen and oxygen atoms in total. The van der Waals surface area contributed by atoms with Gasteiger partial charge < -0.3 is 24.8 Å². The molecule has 1 amide bonds. The first kappa shape index (κ1) is 21.0. The Morgan fingerprint density at radius 2 is 2.07 bits per heavy atom. The monoisotopic (exact) mass is 452 g/mol. The number of nitrogens with zero attached hydrogens (tertiary/aromatic N) is 1. The largest absolute Gasteiger partial charge is 0.573 e. The van der Waals surface area contributed by atoms with Crippen LogP contribution in [-0.4, -0.2) is 55.1 Å². The van der Waals surface area contributed by atoms with Crippen molar-refractivity contribution in [1.82, 2.24) is 4.90 Å². The summed E-state index contributed by atoms with van der Waals surface area (Å²) < 4.78 is 46.0. The SMILES string of the molecule is COC(=O)C1=C(Nc2c(C)cc(OC(F)(F)F)cc2Br)C(=O)N(CCO)C1. The number of esters is 1. The van der Waals surface area contributed by atoms with Gasteiger partial charge in [0.2, 0.25) is 0 Å². The second kappa shape index (κ2) is 8.17. The third kappa shape index (κ3) is 4.92. The molecule has 148 valence electrons. The average molecular weight is 453 g/mol. The first-order valence-corrected chi connectivity index (χ1v) is 8.41. The Kier molecular flexibility index (Phi) is 6.37. The highest BCUT2D eigenvalue weighted by Gasteiger charge is 2.35. The van der Waals surface area contributed by atoms with Gasteiger partial charge in [0.05, 0.1) is 31.5 Å². The predicted octanol–water partition coefficient (Wildman–Crippen LogP) is 2.33. The maximum Gasteiger partial charge on any atom is 0.573 e. The van der Waals surface area contributed by atoms with Crippen LogP contribution >= 0.6 is 15.9 Å². The first-order valence-electron chi connectivity index (χ1n) is 7.62. The topological polar surface area (TPSA) is 88.1 Å². The van der Waals surface area contributed by atoms with Gasteiger partial charge in [-0.1, -0.05) is 0 Å². The Hall–Kier alpha value is -2.27. The lowest BCUT2D eigenvalue weighted by molar-refractivity contribution is -0.274. The molecule has 2 N–H and O–H groups in total. The van der Waals surface area contributed by atoms with E-state index in [1.165, 1.54) is 11.8 Å². The number of aryl methyl sites for hydroxylation is 1. The number of β-amino-alcohol motifs (C(OH)–C–C–N with tert-alkyl or cyclic N) is 1. The van der Waals surface area contributed by atoms with Gasteiger partial charge in [0, 0.05) is 11.0 Å².